The van der Waals surface area contributed by atoms with Crippen LogP contribution >= 0.6 is 11.6 Å². The third-order valence-electron chi connectivity index (χ3n) is 4.83. The number of nitro benzene ring substituents is 1. The van der Waals surface area contributed by atoms with Crippen LogP contribution in [0.4, 0.5) is 5.69 Å². The van der Waals surface area contributed by atoms with Gasteiger partial charge in [0.15, 0.2) is 0 Å². The van der Waals surface area contributed by atoms with E-state index in [0.29, 0.717) is 5.57 Å². The van der Waals surface area contributed by atoms with E-state index in [4.69, 9.17) is 11.6 Å². The number of rotatable bonds is 4. The third-order valence-corrected chi connectivity index (χ3v) is 5.06. The summed E-state index contributed by atoms with van der Waals surface area (Å²) < 4.78 is 0. The van der Waals surface area contributed by atoms with E-state index < -0.39 is 23.0 Å². The zero-order valence-corrected chi connectivity index (χ0v) is 16.1. The van der Waals surface area contributed by atoms with Gasteiger partial charge in [-0.25, -0.2) is 0 Å². The molecule has 0 N–H and O–H groups in total. The highest BCUT2D eigenvalue weighted by Gasteiger charge is 2.47. The van der Waals surface area contributed by atoms with E-state index in [1.54, 1.807) is 14.0 Å². The zero-order chi connectivity index (χ0) is 20.6. The molecular weight excluding hydrogens is 382 g/mol. The summed E-state index contributed by atoms with van der Waals surface area (Å²) in [4.78, 5) is 39.4. The lowest BCUT2D eigenvalue weighted by Gasteiger charge is -2.31. The van der Waals surface area contributed by atoms with E-state index in [9.17, 15) is 19.7 Å². The molecule has 0 spiro atoms. The lowest BCUT2D eigenvalue weighted by molar-refractivity contribution is -0.385. The van der Waals surface area contributed by atoms with Crippen molar-refractivity contribution in [3.8, 4) is 0 Å². The van der Waals surface area contributed by atoms with Crippen molar-refractivity contribution in [2.75, 3.05) is 7.05 Å². The largest absolute Gasteiger partial charge is 0.319 e. The first-order chi connectivity index (χ1) is 13.2. The summed E-state index contributed by atoms with van der Waals surface area (Å²) in [5.74, 6) is -0.929. The summed E-state index contributed by atoms with van der Waals surface area (Å²) in [5.41, 5.74) is 0.768. The molecule has 0 saturated carbocycles. The Hall–Kier alpha value is -3.19. The molecule has 1 aliphatic heterocycles. The summed E-state index contributed by atoms with van der Waals surface area (Å²) in [7, 11) is 1.58. The molecular formula is C20H18ClN3O4. The van der Waals surface area contributed by atoms with Gasteiger partial charge in [-0.15, -0.1) is 0 Å². The molecule has 8 heteroatoms. The Labute approximate surface area is 167 Å². The van der Waals surface area contributed by atoms with Crippen molar-refractivity contribution in [3.63, 3.8) is 0 Å². The van der Waals surface area contributed by atoms with Crippen LogP contribution in [0.1, 0.15) is 22.8 Å². The van der Waals surface area contributed by atoms with Crippen molar-refractivity contribution in [2.24, 2.45) is 0 Å². The molecule has 0 aromatic heterocycles. The molecule has 1 saturated heterocycles. The number of likely N-dealkylation sites (N-methyl/N-ethyl adjacent to an activating group) is 1. The predicted octanol–water partition coefficient (Wildman–Crippen LogP) is 3.59. The number of nitrogens with zero attached hydrogens (tertiary/aromatic N) is 3. The smallest absolute Gasteiger partial charge is 0.282 e. The molecule has 0 unspecified atom stereocenters. The van der Waals surface area contributed by atoms with E-state index in [0.717, 1.165) is 5.56 Å². The highest BCUT2D eigenvalue weighted by Crippen LogP contribution is 2.34. The van der Waals surface area contributed by atoms with Crippen LogP contribution in [-0.2, 0) is 4.79 Å². The number of halogens is 1. The van der Waals surface area contributed by atoms with Gasteiger partial charge >= 0.3 is 0 Å². The standard InChI is InChI=1S/C20H18ClN3O4/c1-12(14-7-5-4-6-8-14)18-22(3)19(25)13(2)23(18)20(26)16-11-15(21)9-10-17(16)24(27)28/h4-11,13,18H,1H2,2-3H3/t13-,18+/m0/s1. The highest BCUT2D eigenvalue weighted by atomic mass is 35.5. The van der Waals surface area contributed by atoms with Crippen molar-refractivity contribution in [1.29, 1.82) is 0 Å². The fraction of sp³-hybridized carbons (Fsp3) is 0.200. The molecule has 0 radical (unpaired) electrons. The second kappa shape index (κ2) is 7.44. The third kappa shape index (κ3) is 3.25. The van der Waals surface area contributed by atoms with Gasteiger partial charge in [0.1, 0.15) is 17.8 Å². The van der Waals surface area contributed by atoms with E-state index in [-0.39, 0.29) is 22.2 Å². The van der Waals surface area contributed by atoms with E-state index >= 15 is 0 Å². The quantitative estimate of drug-likeness (QED) is 0.581. The molecule has 2 aromatic carbocycles. The summed E-state index contributed by atoms with van der Waals surface area (Å²) in [6.45, 7) is 5.67. The summed E-state index contributed by atoms with van der Waals surface area (Å²) in [6, 6.07) is 12.1. The maximum atomic E-state index is 13.3. The van der Waals surface area contributed by atoms with Crippen molar-refractivity contribution in [1.82, 2.24) is 9.80 Å². The van der Waals surface area contributed by atoms with Crippen molar-refractivity contribution in [2.45, 2.75) is 19.1 Å². The molecule has 144 valence electrons. The summed E-state index contributed by atoms with van der Waals surface area (Å²) >= 11 is 5.97. The number of hydrogen-bond acceptors (Lipinski definition) is 4. The Morgan fingerprint density at radius 3 is 2.46 bits per heavy atom. The monoisotopic (exact) mass is 399 g/mol. The van der Waals surface area contributed by atoms with E-state index in [1.165, 1.54) is 28.0 Å². The molecule has 1 aliphatic rings. The summed E-state index contributed by atoms with van der Waals surface area (Å²) in [5, 5.41) is 11.6. The van der Waals surface area contributed by atoms with Crippen LogP contribution in [0.2, 0.25) is 5.02 Å². The first kappa shape index (κ1) is 19.6. The minimum Gasteiger partial charge on any atom is -0.319 e. The number of amides is 2. The molecule has 2 atom stereocenters. The van der Waals surface area contributed by atoms with E-state index in [1.807, 2.05) is 30.3 Å². The Bertz CT molecular complexity index is 977. The molecule has 2 aromatic rings. The lowest BCUT2D eigenvalue weighted by Crippen LogP contribution is -2.44. The van der Waals surface area contributed by atoms with Gasteiger partial charge in [-0.3, -0.25) is 19.7 Å². The van der Waals surface area contributed by atoms with Crippen LogP contribution in [0.15, 0.2) is 55.1 Å². The topological polar surface area (TPSA) is 83.8 Å². The van der Waals surface area contributed by atoms with Gasteiger partial charge in [-0.1, -0.05) is 48.5 Å². The van der Waals surface area contributed by atoms with E-state index in [2.05, 4.69) is 6.58 Å². The van der Waals surface area contributed by atoms with Gasteiger partial charge in [0.05, 0.1) is 4.92 Å². The summed E-state index contributed by atoms with van der Waals surface area (Å²) in [6.07, 6.45) is -0.768. The van der Waals surface area contributed by atoms with Crippen LogP contribution in [-0.4, -0.2) is 45.8 Å². The van der Waals surface area contributed by atoms with Crippen LogP contribution < -0.4 is 0 Å². The number of nitro groups is 1. The number of carbonyl (C=O) groups excluding carboxylic acids is 2. The van der Waals surface area contributed by atoms with Crippen LogP contribution in [0.5, 0.6) is 0 Å². The van der Waals surface area contributed by atoms with Crippen molar-refractivity contribution >= 4 is 34.7 Å². The number of carbonyl (C=O) groups is 2. The maximum absolute atomic E-state index is 13.3. The first-order valence-electron chi connectivity index (χ1n) is 8.51. The van der Waals surface area contributed by atoms with Crippen molar-refractivity contribution < 1.29 is 14.5 Å². The molecule has 1 heterocycles. The molecule has 3 rings (SSSR count). The second-order valence-corrected chi connectivity index (χ2v) is 6.96. The Balaban J connectivity index is 2.09. The van der Waals surface area contributed by atoms with Crippen LogP contribution in [0.3, 0.4) is 0 Å². The van der Waals surface area contributed by atoms with Crippen molar-refractivity contribution in [3.05, 3.63) is 81.4 Å². The van der Waals surface area contributed by atoms with Gasteiger partial charge < -0.3 is 9.80 Å². The van der Waals surface area contributed by atoms with Gasteiger partial charge in [0.25, 0.3) is 11.6 Å². The molecule has 2 amide bonds. The Morgan fingerprint density at radius 1 is 1.21 bits per heavy atom. The Kier molecular flexibility index (Phi) is 5.20. The average molecular weight is 400 g/mol. The lowest BCUT2D eigenvalue weighted by atomic mass is 10.0. The zero-order valence-electron chi connectivity index (χ0n) is 15.3. The Morgan fingerprint density at radius 2 is 1.86 bits per heavy atom. The molecule has 1 fully saturated rings. The molecule has 0 bridgehead atoms. The fourth-order valence-electron chi connectivity index (χ4n) is 3.40. The second-order valence-electron chi connectivity index (χ2n) is 6.52. The molecule has 28 heavy (non-hydrogen) atoms. The van der Waals surface area contributed by atoms with Crippen LogP contribution in [0.25, 0.3) is 5.57 Å². The normalized spacial score (nSPS) is 19.0. The average Bonchev–Trinajstić information content (AvgIpc) is 2.91. The highest BCUT2D eigenvalue weighted by molar-refractivity contribution is 6.31. The first-order valence-corrected chi connectivity index (χ1v) is 8.89. The molecule has 0 aliphatic carbocycles. The fourth-order valence-corrected chi connectivity index (χ4v) is 3.57. The number of hydrogen-bond donors (Lipinski definition) is 0. The van der Waals surface area contributed by atoms with Crippen LogP contribution in [0, 0.1) is 10.1 Å². The minimum atomic E-state index is -0.804. The van der Waals surface area contributed by atoms with Gasteiger partial charge in [0.2, 0.25) is 5.91 Å². The minimum absolute atomic E-state index is 0.168. The number of benzene rings is 2. The maximum Gasteiger partial charge on any atom is 0.282 e. The van der Waals surface area contributed by atoms with Gasteiger partial charge in [-0.2, -0.15) is 0 Å². The SMILES string of the molecule is C=C(c1ccccc1)[C@@H]1N(C)C(=O)[C@H](C)N1C(=O)c1cc(Cl)ccc1[N+](=O)[O-]. The predicted molar refractivity (Wildman–Crippen MR) is 106 cm³/mol. The van der Waals surface area contributed by atoms with Gasteiger partial charge in [0, 0.05) is 18.1 Å². The van der Waals surface area contributed by atoms with Gasteiger partial charge in [-0.05, 0) is 30.2 Å². The molecule has 7 nitrogen and oxygen atoms in total.